The standard InChI is InChI=1S/C28H30ClN3OS/c29-27-31-23-12-7-14-28(25(23)34-27)18-30-17-22(28)26(33)32-15-13-21(19-8-3-1-4-9-19)16-24(32)20-10-5-2-6-11-20/h1-6,8-11,21-22,24,30H,7,12-18H2/t21-,22+,24+,28-/m1/s1. The molecule has 34 heavy (non-hydrogen) atoms. The Balaban J connectivity index is 1.33. The van der Waals surface area contributed by atoms with Crippen molar-refractivity contribution in [3.8, 4) is 0 Å². The van der Waals surface area contributed by atoms with Crippen LogP contribution >= 0.6 is 22.9 Å². The lowest BCUT2D eigenvalue weighted by Crippen LogP contribution is -2.50. The molecular formula is C28H30ClN3OS. The van der Waals surface area contributed by atoms with Crippen LogP contribution in [-0.2, 0) is 16.6 Å². The molecule has 0 radical (unpaired) electrons. The molecule has 6 rings (SSSR count). The quantitative estimate of drug-likeness (QED) is 0.508. The van der Waals surface area contributed by atoms with E-state index in [1.54, 1.807) is 11.3 Å². The summed E-state index contributed by atoms with van der Waals surface area (Å²) in [5.74, 6) is 0.693. The molecule has 3 aromatic rings. The molecule has 0 bridgehead atoms. The number of aromatic nitrogens is 1. The van der Waals surface area contributed by atoms with Gasteiger partial charge >= 0.3 is 0 Å². The Morgan fingerprint density at radius 3 is 2.59 bits per heavy atom. The topological polar surface area (TPSA) is 45.2 Å². The first-order valence-electron chi connectivity index (χ1n) is 12.4. The third-order valence-corrected chi connectivity index (χ3v) is 9.68. The average molecular weight is 492 g/mol. The van der Waals surface area contributed by atoms with E-state index in [0.717, 1.165) is 57.4 Å². The zero-order valence-corrected chi connectivity index (χ0v) is 20.8. The van der Waals surface area contributed by atoms with Gasteiger partial charge in [-0.05, 0) is 49.1 Å². The van der Waals surface area contributed by atoms with Gasteiger partial charge in [-0.15, -0.1) is 11.3 Å². The number of aryl methyl sites for hydroxylation is 1. The summed E-state index contributed by atoms with van der Waals surface area (Å²) in [5, 5.41) is 3.58. The average Bonchev–Trinajstić information content (AvgIpc) is 3.48. The number of nitrogens with one attached hydrogen (secondary N) is 1. The third kappa shape index (κ3) is 3.78. The Hall–Kier alpha value is -2.21. The first-order chi connectivity index (χ1) is 16.7. The first kappa shape index (κ1) is 22.3. The van der Waals surface area contributed by atoms with Gasteiger partial charge in [-0.1, -0.05) is 72.3 Å². The van der Waals surface area contributed by atoms with Crippen LogP contribution in [0.5, 0.6) is 0 Å². The molecule has 3 heterocycles. The molecule has 2 fully saturated rings. The van der Waals surface area contributed by atoms with E-state index >= 15 is 0 Å². The van der Waals surface area contributed by atoms with Crippen LogP contribution in [0.25, 0.3) is 0 Å². The lowest BCUT2D eigenvalue weighted by Gasteiger charge is -2.44. The fourth-order valence-electron chi connectivity index (χ4n) is 6.60. The zero-order valence-electron chi connectivity index (χ0n) is 19.3. The Morgan fingerprint density at radius 1 is 1.09 bits per heavy atom. The molecule has 6 heteroatoms. The van der Waals surface area contributed by atoms with Crippen LogP contribution in [0.1, 0.15) is 59.3 Å². The summed E-state index contributed by atoms with van der Waals surface area (Å²) in [5.41, 5.74) is 3.56. The molecule has 1 N–H and O–H groups in total. The molecule has 4 atom stereocenters. The van der Waals surface area contributed by atoms with Crippen LogP contribution < -0.4 is 5.32 Å². The molecule has 1 spiro atoms. The highest BCUT2D eigenvalue weighted by molar-refractivity contribution is 7.16. The van der Waals surface area contributed by atoms with Crippen molar-refractivity contribution in [3.63, 3.8) is 0 Å². The molecule has 1 aliphatic carbocycles. The number of nitrogens with zero attached hydrogens (tertiary/aromatic N) is 2. The summed E-state index contributed by atoms with van der Waals surface area (Å²) in [7, 11) is 0. The number of benzene rings is 2. The summed E-state index contributed by atoms with van der Waals surface area (Å²) in [4.78, 5) is 22.4. The van der Waals surface area contributed by atoms with Gasteiger partial charge in [0.1, 0.15) is 0 Å². The fourth-order valence-corrected chi connectivity index (χ4v) is 8.04. The maximum Gasteiger partial charge on any atom is 0.228 e. The minimum atomic E-state index is -0.174. The molecule has 0 unspecified atom stereocenters. The van der Waals surface area contributed by atoms with Gasteiger partial charge in [-0.3, -0.25) is 4.79 Å². The monoisotopic (exact) mass is 491 g/mol. The van der Waals surface area contributed by atoms with Crippen molar-refractivity contribution in [1.82, 2.24) is 15.2 Å². The van der Waals surface area contributed by atoms with Crippen molar-refractivity contribution in [1.29, 1.82) is 0 Å². The minimum absolute atomic E-state index is 0.0671. The van der Waals surface area contributed by atoms with Crippen LogP contribution in [0.15, 0.2) is 60.7 Å². The van der Waals surface area contributed by atoms with Crippen molar-refractivity contribution < 1.29 is 4.79 Å². The fraction of sp³-hybridized carbons (Fsp3) is 0.429. The van der Waals surface area contributed by atoms with Gasteiger partial charge in [0.15, 0.2) is 4.47 Å². The highest BCUT2D eigenvalue weighted by Gasteiger charge is 2.53. The van der Waals surface area contributed by atoms with Crippen LogP contribution in [0.4, 0.5) is 0 Å². The molecule has 1 aromatic heterocycles. The summed E-state index contributed by atoms with van der Waals surface area (Å²) >= 11 is 7.95. The molecule has 0 saturated carbocycles. The molecule has 2 aromatic carbocycles. The van der Waals surface area contributed by atoms with E-state index in [1.807, 2.05) is 0 Å². The number of amides is 1. The normalized spacial score (nSPS) is 28.7. The molecule has 3 aliphatic rings. The summed E-state index contributed by atoms with van der Waals surface area (Å²) < 4.78 is 0.607. The van der Waals surface area contributed by atoms with E-state index in [9.17, 15) is 4.79 Å². The largest absolute Gasteiger partial charge is 0.335 e. The second kappa shape index (κ2) is 9.10. The van der Waals surface area contributed by atoms with Crippen molar-refractivity contribution in [2.75, 3.05) is 19.6 Å². The molecule has 2 aliphatic heterocycles. The smallest absolute Gasteiger partial charge is 0.228 e. The Labute approximate surface area is 210 Å². The van der Waals surface area contributed by atoms with Gasteiger partial charge in [-0.2, -0.15) is 0 Å². The lowest BCUT2D eigenvalue weighted by molar-refractivity contribution is -0.141. The van der Waals surface area contributed by atoms with Crippen LogP contribution in [-0.4, -0.2) is 35.4 Å². The number of thiazole rings is 1. The third-order valence-electron chi connectivity index (χ3n) is 8.25. The zero-order chi connectivity index (χ0) is 23.1. The van der Waals surface area contributed by atoms with E-state index < -0.39 is 0 Å². The van der Waals surface area contributed by atoms with E-state index in [2.05, 4.69) is 75.9 Å². The Kier molecular flexibility index (Phi) is 5.96. The predicted octanol–water partition coefficient (Wildman–Crippen LogP) is 5.74. The first-order valence-corrected chi connectivity index (χ1v) is 13.6. The Morgan fingerprint density at radius 2 is 1.82 bits per heavy atom. The van der Waals surface area contributed by atoms with Crippen LogP contribution in [0, 0.1) is 5.92 Å². The Bertz CT molecular complexity index is 1170. The van der Waals surface area contributed by atoms with E-state index in [1.165, 1.54) is 16.0 Å². The SMILES string of the molecule is O=C([C@@H]1CNC[C@]12CCCc1nc(Cl)sc12)N1CC[C@@H](c2ccccc2)C[C@H]1c1ccccc1. The van der Waals surface area contributed by atoms with Crippen LogP contribution in [0.3, 0.4) is 0 Å². The van der Waals surface area contributed by atoms with Gasteiger partial charge in [0.25, 0.3) is 0 Å². The number of hydrogen-bond donors (Lipinski definition) is 1. The minimum Gasteiger partial charge on any atom is -0.335 e. The maximum atomic E-state index is 14.4. The molecular weight excluding hydrogens is 462 g/mol. The van der Waals surface area contributed by atoms with E-state index in [0.29, 0.717) is 16.3 Å². The highest BCUT2D eigenvalue weighted by Crippen LogP contribution is 2.50. The van der Waals surface area contributed by atoms with Crippen molar-refractivity contribution in [3.05, 3.63) is 86.8 Å². The van der Waals surface area contributed by atoms with E-state index in [-0.39, 0.29) is 17.4 Å². The summed E-state index contributed by atoms with van der Waals surface area (Å²) in [6.45, 7) is 2.36. The van der Waals surface area contributed by atoms with Gasteiger partial charge in [0, 0.05) is 29.9 Å². The number of piperidine rings is 1. The van der Waals surface area contributed by atoms with Crippen molar-refractivity contribution >= 4 is 28.8 Å². The van der Waals surface area contributed by atoms with Gasteiger partial charge in [-0.25, -0.2) is 4.98 Å². The van der Waals surface area contributed by atoms with Crippen LogP contribution in [0.2, 0.25) is 4.47 Å². The predicted molar refractivity (Wildman–Crippen MR) is 137 cm³/mol. The highest BCUT2D eigenvalue weighted by atomic mass is 35.5. The number of carbonyl (C=O) groups is 1. The van der Waals surface area contributed by atoms with Gasteiger partial charge < -0.3 is 10.2 Å². The molecule has 4 nitrogen and oxygen atoms in total. The number of fused-ring (bicyclic) bond motifs is 2. The van der Waals surface area contributed by atoms with Gasteiger partial charge in [0.2, 0.25) is 5.91 Å². The van der Waals surface area contributed by atoms with Gasteiger partial charge in [0.05, 0.1) is 17.7 Å². The number of likely N-dealkylation sites (tertiary alicyclic amines) is 1. The summed E-state index contributed by atoms with van der Waals surface area (Å²) in [6, 6.07) is 21.5. The number of halogens is 1. The van der Waals surface area contributed by atoms with Crippen molar-refractivity contribution in [2.24, 2.45) is 5.92 Å². The molecule has 1 amide bonds. The lowest BCUT2D eigenvalue weighted by atomic mass is 9.68. The van der Waals surface area contributed by atoms with Crippen molar-refractivity contribution in [2.45, 2.75) is 49.5 Å². The maximum absolute atomic E-state index is 14.4. The molecule has 2 saturated heterocycles. The molecule has 176 valence electrons. The number of rotatable bonds is 3. The second-order valence-electron chi connectivity index (χ2n) is 10.0. The number of carbonyl (C=O) groups excluding carboxylic acids is 1. The second-order valence-corrected chi connectivity index (χ2v) is 11.6. The van der Waals surface area contributed by atoms with E-state index in [4.69, 9.17) is 11.6 Å². The number of hydrogen-bond acceptors (Lipinski definition) is 4. The summed E-state index contributed by atoms with van der Waals surface area (Å²) in [6.07, 6.45) is 5.03.